The quantitative estimate of drug-likeness (QED) is 0.479. The van der Waals surface area contributed by atoms with Crippen LogP contribution in [-0.2, 0) is 0 Å². The van der Waals surface area contributed by atoms with Crippen LogP contribution in [0.5, 0.6) is 0 Å². The number of hydrogen-bond donors (Lipinski definition) is 0. The van der Waals surface area contributed by atoms with Gasteiger partial charge in [-0.25, -0.2) is 8.78 Å². The van der Waals surface area contributed by atoms with Crippen LogP contribution in [0.1, 0.15) is 13.3 Å². The summed E-state index contributed by atoms with van der Waals surface area (Å²) in [5, 5.41) is 0. The van der Waals surface area contributed by atoms with Crippen LogP contribution in [0.25, 0.3) is 0 Å². The van der Waals surface area contributed by atoms with Crippen molar-refractivity contribution in [1.82, 2.24) is 0 Å². The lowest BCUT2D eigenvalue weighted by atomic mass is 10.4. The summed E-state index contributed by atoms with van der Waals surface area (Å²) >= 11 is 0. The lowest BCUT2D eigenvalue weighted by Gasteiger charge is -1.88. The molecule has 1 saturated carbocycles. The Balaban J connectivity index is 2.20. The first kappa shape index (κ1) is 5.01. The Morgan fingerprint density at radius 3 is 2.00 bits per heavy atom. The number of hydrogen-bond acceptors (Lipinski definition) is 0. The van der Waals surface area contributed by atoms with Crippen LogP contribution < -0.4 is 0 Å². The first-order valence-electron chi connectivity index (χ1n) is 2.50. The third kappa shape index (κ3) is 0.898. The summed E-state index contributed by atoms with van der Waals surface area (Å²) in [7, 11) is 0. The molecule has 2 atom stereocenters. The minimum absolute atomic E-state index is 0.264. The van der Waals surface area contributed by atoms with Crippen molar-refractivity contribution in [2.45, 2.75) is 19.8 Å². The summed E-state index contributed by atoms with van der Waals surface area (Å²) in [6.07, 6.45) is -1.33. The second kappa shape index (κ2) is 1.42. The minimum atomic E-state index is -2.06. The molecule has 0 bridgehead atoms. The van der Waals surface area contributed by atoms with Gasteiger partial charge in [-0.15, -0.1) is 0 Å². The molecule has 0 heterocycles. The van der Waals surface area contributed by atoms with Gasteiger partial charge < -0.3 is 0 Å². The molecule has 0 saturated heterocycles. The highest BCUT2D eigenvalue weighted by atomic mass is 19.3. The zero-order valence-corrected chi connectivity index (χ0v) is 4.20. The molecule has 0 aliphatic heterocycles. The van der Waals surface area contributed by atoms with E-state index in [1.54, 1.807) is 0 Å². The van der Waals surface area contributed by atoms with Crippen LogP contribution in [0.2, 0.25) is 0 Å². The molecule has 0 radical (unpaired) electrons. The summed E-state index contributed by atoms with van der Waals surface area (Å²) in [6.45, 7) is 1.86. The van der Waals surface area contributed by atoms with Crippen molar-refractivity contribution >= 4 is 0 Å². The van der Waals surface area contributed by atoms with Gasteiger partial charge >= 0.3 is 0 Å². The van der Waals surface area contributed by atoms with Crippen LogP contribution in [0, 0.1) is 11.8 Å². The van der Waals surface area contributed by atoms with E-state index in [1.807, 2.05) is 6.92 Å². The van der Waals surface area contributed by atoms with Crippen molar-refractivity contribution in [3.05, 3.63) is 0 Å². The van der Waals surface area contributed by atoms with E-state index in [9.17, 15) is 8.78 Å². The van der Waals surface area contributed by atoms with Gasteiger partial charge in [0, 0.05) is 5.92 Å². The fraction of sp³-hybridized carbons (Fsp3) is 1.00. The topological polar surface area (TPSA) is 0 Å². The standard InChI is InChI=1S/C5H8F2/c1-3-2-4(3)5(6)7/h3-5H,2H2,1H3/t3?,4-/m0/s1. The largest absolute Gasteiger partial charge is 0.241 e. The van der Waals surface area contributed by atoms with E-state index < -0.39 is 6.43 Å². The normalized spacial score (nSPS) is 39.4. The average Bonchev–Trinajstić information content (AvgIpc) is 2.17. The van der Waals surface area contributed by atoms with Crippen molar-refractivity contribution in [3.8, 4) is 0 Å². The molecule has 7 heavy (non-hydrogen) atoms. The molecule has 0 amide bonds. The predicted molar refractivity (Wildman–Crippen MR) is 23.3 cm³/mol. The van der Waals surface area contributed by atoms with Crippen molar-refractivity contribution in [2.75, 3.05) is 0 Å². The SMILES string of the molecule is CC1C[C@@H]1C(F)F. The van der Waals surface area contributed by atoms with E-state index in [0.717, 1.165) is 6.42 Å². The highest BCUT2D eigenvalue weighted by molar-refractivity contribution is 4.83. The van der Waals surface area contributed by atoms with Gasteiger partial charge in [0.2, 0.25) is 6.43 Å². The second-order valence-electron chi connectivity index (χ2n) is 2.21. The smallest absolute Gasteiger partial charge is 0.210 e. The van der Waals surface area contributed by atoms with Crippen molar-refractivity contribution in [3.63, 3.8) is 0 Å². The van der Waals surface area contributed by atoms with Gasteiger partial charge in [-0.3, -0.25) is 0 Å². The van der Waals surface area contributed by atoms with Gasteiger partial charge in [0.15, 0.2) is 0 Å². The first-order valence-corrected chi connectivity index (χ1v) is 2.50. The zero-order valence-electron chi connectivity index (χ0n) is 4.20. The van der Waals surface area contributed by atoms with Gasteiger partial charge in [-0.1, -0.05) is 6.92 Å². The van der Waals surface area contributed by atoms with Gasteiger partial charge in [-0.05, 0) is 12.3 Å². The van der Waals surface area contributed by atoms with Crippen molar-refractivity contribution in [1.29, 1.82) is 0 Å². The number of alkyl halides is 2. The Kier molecular flexibility index (Phi) is 1.02. The Bertz CT molecular complexity index is 70.5. The van der Waals surface area contributed by atoms with Crippen LogP contribution in [0.15, 0.2) is 0 Å². The van der Waals surface area contributed by atoms with Crippen LogP contribution in [0.4, 0.5) is 8.78 Å². The van der Waals surface area contributed by atoms with E-state index in [0.29, 0.717) is 5.92 Å². The second-order valence-corrected chi connectivity index (χ2v) is 2.21. The number of rotatable bonds is 1. The molecule has 1 aliphatic carbocycles. The molecule has 42 valence electrons. The minimum Gasteiger partial charge on any atom is -0.210 e. The van der Waals surface area contributed by atoms with E-state index in [1.165, 1.54) is 0 Å². The average molecular weight is 106 g/mol. The molecule has 1 aliphatic rings. The predicted octanol–water partition coefficient (Wildman–Crippen LogP) is 1.91. The summed E-state index contributed by atoms with van der Waals surface area (Å²) in [5.74, 6) is 0.0278. The van der Waals surface area contributed by atoms with Crippen LogP contribution >= 0.6 is 0 Å². The Morgan fingerprint density at radius 1 is 1.57 bits per heavy atom. The fourth-order valence-corrected chi connectivity index (χ4v) is 0.702. The van der Waals surface area contributed by atoms with Crippen LogP contribution in [-0.4, -0.2) is 6.43 Å². The van der Waals surface area contributed by atoms with E-state index in [-0.39, 0.29) is 5.92 Å². The lowest BCUT2D eigenvalue weighted by Crippen LogP contribution is -1.92. The molecule has 1 unspecified atom stereocenters. The molecule has 0 aromatic carbocycles. The maximum absolute atomic E-state index is 11.5. The molecular weight excluding hydrogens is 98.1 g/mol. The molecule has 0 N–H and O–H groups in total. The molecule has 1 rings (SSSR count). The molecule has 0 nitrogen and oxygen atoms in total. The van der Waals surface area contributed by atoms with Crippen LogP contribution in [0.3, 0.4) is 0 Å². The third-order valence-corrected chi connectivity index (χ3v) is 1.50. The highest BCUT2D eigenvalue weighted by Crippen LogP contribution is 2.42. The highest BCUT2D eigenvalue weighted by Gasteiger charge is 2.40. The first-order chi connectivity index (χ1) is 3.22. The summed E-state index contributed by atoms with van der Waals surface area (Å²) in [5.41, 5.74) is 0. The number of halogens is 2. The molecule has 0 aromatic heterocycles. The monoisotopic (exact) mass is 106 g/mol. The van der Waals surface area contributed by atoms with Gasteiger partial charge in [0.1, 0.15) is 0 Å². The Morgan fingerprint density at radius 2 is 2.00 bits per heavy atom. The summed E-state index contributed by atoms with van der Waals surface area (Å²) in [4.78, 5) is 0. The maximum atomic E-state index is 11.5. The fourth-order valence-electron chi connectivity index (χ4n) is 0.702. The molecule has 0 aromatic rings. The van der Waals surface area contributed by atoms with Crippen molar-refractivity contribution in [2.24, 2.45) is 11.8 Å². The van der Waals surface area contributed by atoms with Gasteiger partial charge in [0.05, 0.1) is 0 Å². The van der Waals surface area contributed by atoms with Crippen molar-refractivity contribution < 1.29 is 8.78 Å². The molecule has 0 spiro atoms. The summed E-state index contributed by atoms with van der Waals surface area (Å²) < 4.78 is 22.9. The lowest BCUT2D eigenvalue weighted by molar-refractivity contribution is 0.117. The molecule has 1 fully saturated rings. The molecule has 2 heteroatoms. The Labute approximate surface area is 41.5 Å². The van der Waals surface area contributed by atoms with E-state index in [4.69, 9.17) is 0 Å². The van der Waals surface area contributed by atoms with Gasteiger partial charge in [0.25, 0.3) is 0 Å². The molecular formula is C5H8F2. The van der Waals surface area contributed by atoms with Gasteiger partial charge in [-0.2, -0.15) is 0 Å². The van der Waals surface area contributed by atoms with E-state index >= 15 is 0 Å². The maximum Gasteiger partial charge on any atom is 0.241 e. The third-order valence-electron chi connectivity index (χ3n) is 1.50. The van der Waals surface area contributed by atoms with E-state index in [2.05, 4.69) is 0 Å². The zero-order chi connectivity index (χ0) is 5.44. The summed E-state index contributed by atoms with van der Waals surface area (Å²) in [6, 6.07) is 0. The Hall–Kier alpha value is -0.140.